The lowest BCUT2D eigenvalue weighted by Gasteiger charge is -2.38. The van der Waals surface area contributed by atoms with E-state index in [4.69, 9.17) is 18.9 Å². The van der Waals surface area contributed by atoms with Gasteiger partial charge in [0.15, 0.2) is 0 Å². The molecule has 4 nitrogen and oxygen atoms in total. The molecule has 0 atom stereocenters. The molecule has 0 unspecified atom stereocenters. The predicted molar refractivity (Wildman–Crippen MR) is 313 cm³/mol. The highest BCUT2D eigenvalue weighted by atomic mass is 32.2. The van der Waals surface area contributed by atoms with Gasteiger partial charge in [-0.15, -0.1) is 0 Å². The van der Waals surface area contributed by atoms with Crippen LogP contribution in [0.25, 0.3) is 0 Å². The first-order valence-electron chi connectivity index (χ1n) is 23.8. The summed E-state index contributed by atoms with van der Waals surface area (Å²) in [6, 6.07) is 58.9. The molecule has 0 aliphatic heterocycles. The van der Waals surface area contributed by atoms with Crippen LogP contribution in [0.15, 0.2) is 204 Å². The lowest BCUT2D eigenvalue weighted by atomic mass is 9.72. The van der Waals surface area contributed by atoms with Crippen LogP contribution in [0.4, 0.5) is 26.3 Å². The molecule has 0 radical (unpaired) electrons. The van der Waals surface area contributed by atoms with E-state index in [2.05, 4.69) is 155 Å². The SMILES string of the molecule is C.C.C.COc1ccc(C(c2ccc(C)cc2)(C(F)(F)F)C(F)(F)F)cc1.COc1ccc(Cc2ccc(C)cc2)cc1.COc1ccc(Sc2ccc(C)cc2)cc1.COc1ccc([Si](C)(C)c2ccc(C)cc2)cc1. The minimum Gasteiger partial charge on any atom is -0.497 e. The fraction of sp³-hybridized carbons (Fsp3) is 0.262. The third-order valence-electron chi connectivity index (χ3n) is 12.4. The van der Waals surface area contributed by atoms with Crippen LogP contribution in [0.3, 0.4) is 0 Å². The molecule has 0 spiro atoms. The average Bonchev–Trinajstić information content (AvgIpc) is 3.39. The molecule has 8 rings (SSSR count). The largest absolute Gasteiger partial charge is 0.497 e. The van der Waals surface area contributed by atoms with Crippen LogP contribution in [-0.2, 0) is 11.8 Å². The number of aryl methyl sites for hydroxylation is 4. The summed E-state index contributed by atoms with van der Waals surface area (Å²) in [4.78, 5) is 2.49. The summed E-state index contributed by atoms with van der Waals surface area (Å²) >= 11 is 1.76. The van der Waals surface area contributed by atoms with Gasteiger partial charge in [-0.1, -0.05) is 201 Å². The number of methoxy groups -OCH3 is 4. The first-order chi connectivity index (χ1) is 35.1. The Kier molecular flexibility index (Phi) is 25.9. The molecule has 0 bridgehead atoms. The van der Waals surface area contributed by atoms with Gasteiger partial charge in [0.25, 0.3) is 0 Å². The fourth-order valence-electron chi connectivity index (χ4n) is 7.84. The van der Waals surface area contributed by atoms with Gasteiger partial charge in [-0.2, -0.15) is 26.3 Å². The van der Waals surface area contributed by atoms with Crippen molar-refractivity contribution in [1.29, 1.82) is 0 Å². The standard InChI is InChI=1S/C17H14F6O.C16H20OSi.C15H16O.C14H14OS.3CH4/c1-11-3-5-12(6-4-11)15(16(18,19)20,17(21,22)23)13-7-9-14(24-2)10-8-13;1-13-5-9-15(10-6-13)18(3,4)16-11-7-14(17-2)8-12-16;1-12-3-5-13(6-4-12)11-14-7-9-15(16-2)10-8-14;1-11-3-7-13(8-4-11)16-14-9-5-12(15-2)6-10-14;;;/h3-10H,1-2H3;5-12H,1-4H3;3-10H,11H2,1-2H3;3-10H,1-2H3;3*1H4. The van der Waals surface area contributed by atoms with E-state index in [9.17, 15) is 26.3 Å². The summed E-state index contributed by atoms with van der Waals surface area (Å²) < 4.78 is 103. The summed E-state index contributed by atoms with van der Waals surface area (Å²) in [5.41, 5.74) is 1.23. The Morgan fingerprint density at radius 2 is 0.584 bits per heavy atom. The fourth-order valence-corrected chi connectivity index (χ4v) is 11.0. The maximum atomic E-state index is 13.8. The van der Waals surface area contributed by atoms with Crippen molar-refractivity contribution in [3.05, 3.63) is 239 Å². The molecule has 0 N–H and O–H groups in total. The lowest BCUT2D eigenvalue weighted by molar-refractivity contribution is -0.288. The number of benzene rings is 8. The van der Waals surface area contributed by atoms with E-state index in [1.165, 1.54) is 67.2 Å². The molecule has 77 heavy (non-hydrogen) atoms. The molecule has 0 heterocycles. The quantitative estimate of drug-likeness (QED) is 0.0900. The molecule has 0 aromatic heterocycles. The first kappa shape index (κ1) is 66.2. The Morgan fingerprint density at radius 3 is 0.922 bits per heavy atom. The molecule has 8 aromatic rings. The highest BCUT2D eigenvalue weighted by molar-refractivity contribution is 7.99. The molecule has 0 saturated carbocycles. The van der Waals surface area contributed by atoms with Gasteiger partial charge in [-0.3, -0.25) is 0 Å². The maximum Gasteiger partial charge on any atom is 0.411 e. The second kappa shape index (κ2) is 30.2. The molecular weight excluding hydrogens is 1020 g/mol. The lowest BCUT2D eigenvalue weighted by Crippen LogP contribution is -2.54. The van der Waals surface area contributed by atoms with Gasteiger partial charge in [0.05, 0.1) is 28.4 Å². The topological polar surface area (TPSA) is 36.9 Å². The maximum absolute atomic E-state index is 13.8. The van der Waals surface area contributed by atoms with Crippen LogP contribution in [0.2, 0.25) is 13.1 Å². The molecule has 412 valence electrons. The Bertz CT molecular complexity index is 2800. The van der Waals surface area contributed by atoms with Crippen molar-refractivity contribution in [3.63, 3.8) is 0 Å². The molecular formula is C65H76F6O4SSi. The zero-order chi connectivity index (χ0) is 54.1. The molecule has 0 aliphatic carbocycles. The normalized spacial score (nSPS) is 10.9. The summed E-state index contributed by atoms with van der Waals surface area (Å²) in [5.74, 6) is 2.90. The van der Waals surface area contributed by atoms with Gasteiger partial charge in [0.2, 0.25) is 5.41 Å². The van der Waals surface area contributed by atoms with E-state index in [1.54, 1.807) is 40.0 Å². The van der Waals surface area contributed by atoms with Crippen molar-refractivity contribution in [1.82, 2.24) is 0 Å². The number of halogens is 6. The van der Waals surface area contributed by atoms with E-state index in [0.717, 1.165) is 60.1 Å². The zero-order valence-corrected chi connectivity index (χ0v) is 45.3. The smallest absolute Gasteiger partial charge is 0.411 e. The van der Waals surface area contributed by atoms with Gasteiger partial charge in [0, 0.05) is 9.79 Å². The highest BCUT2D eigenvalue weighted by Gasteiger charge is 2.72. The van der Waals surface area contributed by atoms with Crippen molar-refractivity contribution < 1.29 is 45.3 Å². The van der Waals surface area contributed by atoms with Crippen molar-refractivity contribution in [2.75, 3.05) is 28.4 Å². The van der Waals surface area contributed by atoms with Crippen LogP contribution in [-0.4, -0.2) is 48.9 Å². The molecule has 0 fully saturated rings. The first-order valence-corrected chi connectivity index (χ1v) is 27.6. The van der Waals surface area contributed by atoms with Gasteiger partial charge >= 0.3 is 12.4 Å². The van der Waals surface area contributed by atoms with E-state index < -0.39 is 37.0 Å². The minimum atomic E-state index is -5.57. The Balaban J connectivity index is 0.000000351. The molecule has 0 amide bonds. The second-order valence-corrected chi connectivity index (χ2v) is 23.7. The summed E-state index contributed by atoms with van der Waals surface area (Å²) in [7, 11) is 4.78. The second-order valence-electron chi connectivity index (χ2n) is 18.2. The number of rotatable bonds is 12. The van der Waals surface area contributed by atoms with Crippen LogP contribution >= 0.6 is 11.8 Å². The van der Waals surface area contributed by atoms with Crippen molar-refractivity contribution in [3.8, 4) is 23.0 Å². The van der Waals surface area contributed by atoms with Crippen molar-refractivity contribution >= 4 is 30.2 Å². The molecule has 0 saturated heterocycles. The van der Waals surface area contributed by atoms with Gasteiger partial charge in [-0.25, -0.2) is 0 Å². The Hall–Kier alpha value is -6.89. The van der Waals surface area contributed by atoms with Crippen LogP contribution in [0, 0.1) is 27.7 Å². The average molecular weight is 1100 g/mol. The summed E-state index contributed by atoms with van der Waals surface area (Å²) in [5, 5.41) is 2.91. The molecule has 8 aromatic carbocycles. The number of ether oxygens (including phenoxy) is 4. The van der Waals surface area contributed by atoms with Crippen LogP contribution in [0.5, 0.6) is 23.0 Å². The van der Waals surface area contributed by atoms with Crippen LogP contribution in [0.1, 0.15) is 66.8 Å². The van der Waals surface area contributed by atoms with Gasteiger partial charge in [-0.05, 0) is 129 Å². The predicted octanol–water partition coefficient (Wildman–Crippen LogP) is 17.9. The van der Waals surface area contributed by atoms with Crippen molar-refractivity contribution in [2.24, 2.45) is 0 Å². The van der Waals surface area contributed by atoms with Gasteiger partial charge < -0.3 is 18.9 Å². The summed E-state index contributed by atoms with van der Waals surface area (Å²) in [6.07, 6.45) is -10.2. The number of alkyl halides is 6. The summed E-state index contributed by atoms with van der Waals surface area (Å²) in [6.45, 7) is 12.7. The van der Waals surface area contributed by atoms with E-state index >= 15 is 0 Å². The number of hydrogen-bond donors (Lipinski definition) is 0. The van der Waals surface area contributed by atoms with Crippen molar-refractivity contribution in [2.45, 2.75) is 97.0 Å². The van der Waals surface area contributed by atoms with E-state index in [-0.39, 0.29) is 28.0 Å². The van der Waals surface area contributed by atoms with Gasteiger partial charge in [0.1, 0.15) is 31.1 Å². The highest BCUT2D eigenvalue weighted by Crippen LogP contribution is 2.56. The minimum absolute atomic E-state index is 0. The third kappa shape index (κ3) is 18.1. The zero-order valence-electron chi connectivity index (χ0n) is 43.5. The van der Waals surface area contributed by atoms with E-state index in [0.29, 0.717) is 5.56 Å². The van der Waals surface area contributed by atoms with E-state index in [1.807, 2.05) is 24.3 Å². The number of hydrogen-bond acceptors (Lipinski definition) is 5. The Morgan fingerprint density at radius 1 is 0.351 bits per heavy atom. The molecule has 12 heteroatoms. The molecule has 0 aliphatic rings. The third-order valence-corrected chi connectivity index (χ3v) is 17.0. The van der Waals surface area contributed by atoms with Crippen LogP contribution < -0.4 is 29.3 Å². The monoisotopic (exact) mass is 1090 g/mol. The Labute approximate surface area is 460 Å².